The standard InChI is InChI=1S/C14H23N3O2/c1-3-12(4-2)17-7-5-11(16-17)9-13(18)14(15)6-8-19-10-14/h5,7,12H,3-4,6,8-10,15H2,1-2H3. The summed E-state index contributed by atoms with van der Waals surface area (Å²) in [6.45, 7) is 5.19. The number of hydrogen-bond acceptors (Lipinski definition) is 4. The molecule has 2 heterocycles. The molecule has 0 aliphatic carbocycles. The number of Topliss-reactive ketones (excluding diaryl/α,β-unsaturated/α-hetero) is 1. The zero-order chi connectivity index (χ0) is 13.9. The number of carbonyl (C=O) groups excluding carboxylic acids is 1. The van der Waals surface area contributed by atoms with Crippen molar-refractivity contribution in [3.8, 4) is 0 Å². The number of aromatic nitrogens is 2. The number of nitrogens with two attached hydrogens (primary N) is 1. The molecule has 2 N–H and O–H groups in total. The minimum atomic E-state index is -0.807. The number of ether oxygens (including phenoxy) is 1. The van der Waals surface area contributed by atoms with Crippen molar-refractivity contribution in [3.63, 3.8) is 0 Å². The summed E-state index contributed by atoms with van der Waals surface area (Å²) < 4.78 is 7.18. The van der Waals surface area contributed by atoms with Crippen molar-refractivity contribution in [1.29, 1.82) is 0 Å². The van der Waals surface area contributed by atoms with E-state index in [2.05, 4.69) is 18.9 Å². The Morgan fingerprint density at radius 1 is 1.58 bits per heavy atom. The van der Waals surface area contributed by atoms with Gasteiger partial charge in [-0.1, -0.05) is 13.8 Å². The lowest BCUT2D eigenvalue weighted by Gasteiger charge is -2.19. The van der Waals surface area contributed by atoms with E-state index < -0.39 is 5.54 Å². The molecule has 1 aromatic rings. The Hall–Kier alpha value is -1.20. The second kappa shape index (κ2) is 5.84. The molecule has 5 nitrogen and oxygen atoms in total. The first-order valence-corrected chi connectivity index (χ1v) is 7.03. The van der Waals surface area contributed by atoms with Crippen LogP contribution < -0.4 is 5.73 Å². The third-order valence-corrected chi connectivity index (χ3v) is 3.93. The first kappa shape index (κ1) is 14.2. The molecule has 1 saturated heterocycles. The van der Waals surface area contributed by atoms with Crippen molar-refractivity contribution in [3.05, 3.63) is 18.0 Å². The average Bonchev–Trinajstić information content (AvgIpc) is 3.02. The van der Waals surface area contributed by atoms with Crippen molar-refractivity contribution in [1.82, 2.24) is 9.78 Å². The predicted molar refractivity (Wildman–Crippen MR) is 72.9 cm³/mol. The summed E-state index contributed by atoms with van der Waals surface area (Å²) in [6.07, 6.45) is 4.95. The molecular formula is C14H23N3O2. The van der Waals surface area contributed by atoms with Gasteiger partial charge in [0.05, 0.1) is 24.8 Å². The van der Waals surface area contributed by atoms with Crippen LogP contribution in [0.25, 0.3) is 0 Å². The van der Waals surface area contributed by atoms with Gasteiger partial charge in [-0.3, -0.25) is 9.48 Å². The molecule has 1 aliphatic rings. The average molecular weight is 265 g/mol. The zero-order valence-electron chi connectivity index (χ0n) is 11.8. The smallest absolute Gasteiger partial charge is 0.161 e. The van der Waals surface area contributed by atoms with Crippen LogP contribution in [0.5, 0.6) is 0 Å². The second-order valence-corrected chi connectivity index (χ2v) is 5.32. The Labute approximate surface area is 114 Å². The fourth-order valence-electron chi connectivity index (χ4n) is 2.48. The second-order valence-electron chi connectivity index (χ2n) is 5.32. The van der Waals surface area contributed by atoms with Gasteiger partial charge in [0.25, 0.3) is 0 Å². The molecule has 1 aromatic heterocycles. The van der Waals surface area contributed by atoms with Crippen LogP contribution in [0.15, 0.2) is 12.3 Å². The molecule has 0 radical (unpaired) electrons. The fourth-order valence-corrected chi connectivity index (χ4v) is 2.48. The summed E-state index contributed by atoms with van der Waals surface area (Å²) in [5, 5.41) is 4.49. The SMILES string of the molecule is CCC(CC)n1ccc(CC(=O)C2(N)CCOC2)n1. The first-order valence-electron chi connectivity index (χ1n) is 7.03. The molecular weight excluding hydrogens is 242 g/mol. The summed E-state index contributed by atoms with van der Waals surface area (Å²) in [6, 6.07) is 2.32. The van der Waals surface area contributed by atoms with Crippen LogP contribution in [-0.4, -0.2) is 34.3 Å². The Morgan fingerprint density at radius 3 is 2.89 bits per heavy atom. The molecule has 1 atom stereocenters. The maximum atomic E-state index is 12.2. The molecule has 5 heteroatoms. The number of ketones is 1. The number of nitrogens with zero attached hydrogens (tertiary/aromatic N) is 2. The number of rotatable bonds is 6. The van der Waals surface area contributed by atoms with E-state index in [4.69, 9.17) is 10.5 Å². The van der Waals surface area contributed by atoms with Crippen LogP contribution in [0.3, 0.4) is 0 Å². The van der Waals surface area contributed by atoms with E-state index in [-0.39, 0.29) is 5.78 Å². The van der Waals surface area contributed by atoms with Crippen LogP contribution in [0, 0.1) is 0 Å². The Bertz CT molecular complexity index is 432. The van der Waals surface area contributed by atoms with Crippen LogP contribution in [0.2, 0.25) is 0 Å². The maximum Gasteiger partial charge on any atom is 0.161 e. The first-order chi connectivity index (χ1) is 9.09. The summed E-state index contributed by atoms with van der Waals surface area (Å²) >= 11 is 0. The molecule has 0 spiro atoms. The predicted octanol–water partition coefficient (Wildman–Crippen LogP) is 1.47. The highest BCUT2D eigenvalue weighted by molar-refractivity contribution is 5.90. The highest BCUT2D eigenvalue weighted by Gasteiger charge is 2.37. The normalized spacial score (nSPS) is 23.2. The van der Waals surface area contributed by atoms with Gasteiger partial charge in [-0.2, -0.15) is 5.10 Å². The zero-order valence-corrected chi connectivity index (χ0v) is 11.8. The largest absolute Gasteiger partial charge is 0.379 e. The van der Waals surface area contributed by atoms with Crippen molar-refractivity contribution in [2.24, 2.45) is 5.73 Å². The van der Waals surface area contributed by atoms with Gasteiger partial charge in [0.15, 0.2) is 5.78 Å². The molecule has 1 unspecified atom stereocenters. The molecule has 19 heavy (non-hydrogen) atoms. The van der Waals surface area contributed by atoms with E-state index in [1.807, 2.05) is 16.9 Å². The topological polar surface area (TPSA) is 70.1 Å². The van der Waals surface area contributed by atoms with E-state index in [1.54, 1.807) is 0 Å². The lowest BCUT2D eigenvalue weighted by Crippen LogP contribution is -2.49. The lowest BCUT2D eigenvalue weighted by molar-refractivity contribution is -0.123. The van der Waals surface area contributed by atoms with Crippen LogP contribution >= 0.6 is 0 Å². The van der Waals surface area contributed by atoms with Gasteiger partial charge >= 0.3 is 0 Å². The third kappa shape index (κ3) is 3.04. The van der Waals surface area contributed by atoms with E-state index >= 15 is 0 Å². The summed E-state index contributed by atoms with van der Waals surface area (Å²) in [7, 11) is 0. The summed E-state index contributed by atoms with van der Waals surface area (Å²) in [5.41, 5.74) is 6.05. The summed E-state index contributed by atoms with van der Waals surface area (Å²) in [5.74, 6) is 0.0276. The quantitative estimate of drug-likeness (QED) is 0.845. The van der Waals surface area contributed by atoms with E-state index in [1.165, 1.54) is 0 Å². The van der Waals surface area contributed by atoms with Gasteiger partial charge in [0.2, 0.25) is 0 Å². The van der Waals surface area contributed by atoms with E-state index in [9.17, 15) is 4.79 Å². The molecule has 0 amide bonds. The van der Waals surface area contributed by atoms with Crippen molar-refractivity contribution < 1.29 is 9.53 Å². The number of carbonyl (C=O) groups is 1. The number of hydrogen-bond donors (Lipinski definition) is 1. The van der Waals surface area contributed by atoms with Gasteiger partial charge in [-0.25, -0.2) is 0 Å². The Kier molecular flexibility index (Phi) is 4.37. The third-order valence-electron chi connectivity index (χ3n) is 3.93. The molecule has 0 saturated carbocycles. The lowest BCUT2D eigenvalue weighted by atomic mass is 9.91. The van der Waals surface area contributed by atoms with Crippen molar-refractivity contribution in [2.45, 2.75) is 51.1 Å². The monoisotopic (exact) mass is 265 g/mol. The fraction of sp³-hybridized carbons (Fsp3) is 0.714. The molecule has 2 rings (SSSR count). The van der Waals surface area contributed by atoms with Crippen LogP contribution in [0.4, 0.5) is 0 Å². The Balaban J connectivity index is 2.01. The summed E-state index contributed by atoms with van der Waals surface area (Å²) in [4.78, 5) is 12.2. The Morgan fingerprint density at radius 2 is 2.32 bits per heavy atom. The van der Waals surface area contributed by atoms with Gasteiger partial charge in [-0.05, 0) is 25.3 Å². The molecule has 0 aromatic carbocycles. The minimum absolute atomic E-state index is 0.0276. The highest BCUT2D eigenvalue weighted by atomic mass is 16.5. The maximum absolute atomic E-state index is 12.2. The highest BCUT2D eigenvalue weighted by Crippen LogP contribution is 2.19. The van der Waals surface area contributed by atoms with Gasteiger partial charge in [-0.15, -0.1) is 0 Å². The van der Waals surface area contributed by atoms with Crippen LogP contribution in [-0.2, 0) is 16.0 Å². The molecule has 106 valence electrons. The van der Waals surface area contributed by atoms with E-state index in [0.29, 0.717) is 32.1 Å². The van der Waals surface area contributed by atoms with E-state index in [0.717, 1.165) is 18.5 Å². The minimum Gasteiger partial charge on any atom is -0.379 e. The van der Waals surface area contributed by atoms with Crippen molar-refractivity contribution >= 4 is 5.78 Å². The van der Waals surface area contributed by atoms with Crippen molar-refractivity contribution in [2.75, 3.05) is 13.2 Å². The van der Waals surface area contributed by atoms with Crippen LogP contribution in [0.1, 0.15) is 44.8 Å². The molecule has 1 aliphatic heterocycles. The van der Waals surface area contributed by atoms with Gasteiger partial charge in [0.1, 0.15) is 5.54 Å². The van der Waals surface area contributed by atoms with Gasteiger partial charge in [0, 0.05) is 12.8 Å². The molecule has 1 fully saturated rings. The molecule has 0 bridgehead atoms. The van der Waals surface area contributed by atoms with Gasteiger partial charge < -0.3 is 10.5 Å².